The first kappa shape index (κ1) is 21.6. The van der Waals surface area contributed by atoms with E-state index in [4.69, 9.17) is 4.74 Å². The molecule has 0 spiro atoms. The van der Waals surface area contributed by atoms with Crippen LogP contribution in [0, 0.1) is 13.8 Å². The second-order valence-corrected chi connectivity index (χ2v) is 8.21. The summed E-state index contributed by atoms with van der Waals surface area (Å²) in [6.07, 6.45) is 0.391. The van der Waals surface area contributed by atoms with Crippen molar-refractivity contribution in [2.75, 3.05) is 17.3 Å². The molecule has 5 rings (SSSR count). The maximum atomic E-state index is 12.7. The first-order chi connectivity index (χ1) is 16.5. The van der Waals surface area contributed by atoms with Gasteiger partial charge < -0.3 is 10.1 Å². The van der Waals surface area contributed by atoms with Gasteiger partial charge in [-0.1, -0.05) is 24.3 Å². The van der Waals surface area contributed by atoms with Crippen LogP contribution in [0.3, 0.4) is 0 Å². The molecule has 0 radical (unpaired) electrons. The summed E-state index contributed by atoms with van der Waals surface area (Å²) in [6.45, 7) is 4.90. The molecular formula is C25H25N7O2. The standard InChI is InChI=1S/C25H25N7O2/c1-16-6-4-5-7-18(16)15-31-23(33)12-13-32-25(31)27-24(30-32)26-19-9-10-20(22(14-19)34-3)21-11-8-17(2)28-29-21/h4-11,14H,12-13,15H2,1-3H3,(H,26,30). The molecule has 0 saturated carbocycles. The molecule has 0 bridgehead atoms. The summed E-state index contributed by atoms with van der Waals surface area (Å²) in [5.74, 6) is 1.66. The normalized spacial score (nSPS) is 13.0. The van der Waals surface area contributed by atoms with Crippen LogP contribution in [0.5, 0.6) is 5.75 Å². The summed E-state index contributed by atoms with van der Waals surface area (Å²) >= 11 is 0. The summed E-state index contributed by atoms with van der Waals surface area (Å²) in [4.78, 5) is 19.0. The van der Waals surface area contributed by atoms with E-state index in [1.54, 1.807) is 16.7 Å². The van der Waals surface area contributed by atoms with Gasteiger partial charge in [-0.05, 0) is 49.2 Å². The molecule has 172 valence electrons. The Morgan fingerprint density at radius 3 is 2.68 bits per heavy atom. The Labute approximate surface area is 197 Å². The second kappa shape index (κ2) is 8.93. The first-order valence-electron chi connectivity index (χ1n) is 11.1. The first-order valence-corrected chi connectivity index (χ1v) is 11.1. The monoisotopic (exact) mass is 455 g/mol. The summed E-state index contributed by atoms with van der Waals surface area (Å²) in [5, 5.41) is 16.2. The number of carbonyl (C=O) groups is 1. The van der Waals surface area contributed by atoms with Crippen molar-refractivity contribution in [2.45, 2.75) is 33.4 Å². The maximum absolute atomic E-state index is 12.7. The van der Waals surface area contributed by atoms with Crippen molar-refractivity contribution in [1.82, 2.24) is 25.0 Å². The number of fused-ring (bicyclic) bond motifs is 1. The van der Waals surface area contributed by atoms with Gasteiger partial charge >= 0.3 is 0 Å². The van der Waals surface area contributed by atoms with Gasteiger partial charge in [-0.25, -0.2) is 4.68 Å². The van der Waals surface area contributed by atoms with Crippen LogP contribution in [0.1, 0.15) is 23.2 Å². The molecule has 2 aromatic carbocycles. The highest BCUT2D eigenvalue weighted by molar-refractivity contribution is 5.93. The Morgan fingerprint density at radius 2 is 1.91 bits per heavy atom. The minimum Gasteiger partial charge on any atom is -0.496 e. The molecular weight excluding hydrogens is 430 g/mol. The fraction of sp³-hybridized carbons (Fsp3) is 0.240. The van der Waals surface area contributed by atoms with Crippen LogP contribution >= 0.6 is 0 Å². The number of amides is 1. The average Bonchev–Trinajstić information content (AvgIpc) is 3.25. The number of anilines is 3. The summed E-state index contributed by atoms with van der Waals surface area (Å²) in [6, 6.07) is 17.6. The molecule has 9 heteroatoms. The Morgan fingerprint density at radius 1 is 1.06 bits per heavy atom. The number of rotatable bonds is 6. The highest BCUT2D eigenvalue weighted by Gasteiger charge is 2.28. The van der Waals surface area contributed by atoms with Crippen molar-refractivity contribution < 1.29 is 9.53 Å². The SMILES string of the molecule is COc1cc(Nc2nc3n(n2)CCC(=O)N3Cc2ccccc2C)ccc1-c1ccc(C)nn1. The van der Waals surface area contributed by atoms with Crippen LogP contribution in [0.15, 0.2) is 54.6 Å². The number of nitrogens with one attached hydrogen (secondary N) is 1. The highest BCUT2D eigenvalue weighted by Crippen LogP contribution is 2.32. The molecule has 0 unspecified atom stereocenters. The van der Waals surface area contributed by atoms with Gasteiger partial charge in [0.05, 0.1) is 31.6 Å². The molecule has 9 nitrogen and oxygen atoms in total. The van der Waals surface area contributed by atoms with E-state index in [-0.39, 0.29) is 5.91 Å². The van der Waals surface area contributed by atoms with Crippen molar-refractivity contribution in [2.24, 2.45) is 0 Å². The second-order valence-electron chi connectivity index (χ2n) is 8.21. The average molecular weight is 456 g/mol. The highest BCUT2D eigenvalue weighted by atomic mass is 16.5. The molecule has 4 aromatic rings. The zero-order chi connectivity index (χ0) is 23.7. The number of hydrogen-bond donors (Lipinski definition) is 1. The van der Waals surface area contributed by atoms with Crippen molar-refractivity contribution in [1.29, 1.82) is 0 Å². The van der Waals surface area contributed by atoms with Crippen LogP contribution in [0.2, 0.25) is 0 Å². The van der Waals surface area contributed by atoms with Crippen LogP contribution in [0.25, 0.3) is 11.3 Å². The third-order valence-electron chi connectivity index (χ3n) is 5.85. The molecule has 3 heterocycles. The van der Waals surface area contributed by atoms with Gasteiger partial charge in [0.1, 0.15) is 5.75 Å². The third-order valence-corrected chi connectivity index (χ3v) is 5.85. The lowest BCUT2D eigenvalue weighted by atomic mass is 10.1. The van der Waals surface area contributed by atoms with Gasteiger partial charge in [-0.3, -0.25) is 9.69 Å². The van der Waals surface area contributed by atoms with Gasteiger partial charge in [0.15, 0.2) is 0 Å². The Bertz CT molecular complexity index is 1350. The van der Waals surface area contributed by atoms with E-state index in [1.807, 2.05) is 68.4 Å². The molecule has 1 aliphatic rings. The number of methoxy groups -OCH3 is 1. The van der Waals surface area contributed by atoms with Crippen LogP contribution in [-0.2, 0) is 17.9 Å². The van der Waals surface area contributed by atoms with Gasteiger partial charge in [-0.15, -0.1) is 5.10 Å². The smallest absolute Gasteiger partial charge is 0.248 e. The van der Waals surface area contributed by atoms with E-state index in [0.29, 0.717) is 37.2 Å². The van der Waals surface area contributed by atoms with E-state index >= 15 is 0 Å². The van der Waals surface area contributed by atoms with Crippen LogP contribution in [0.4, 0.5) is 17.6 Å². The number of benzene rings is 2. The molecule has 0 atom stereocenters. The molecule has 1 N–H and O–H groups in total. The lowest BCUT2D eigenvalue weighted by Crippen LogP contribution is -2.37. The Balaban J connectivity index is 1.40. The van der Waals surface area contributed by atoms with Crippen molar-refractivity contribution in [3.8, 4) is 17.0 Å². The number of hydrogen-bond acceptors (Lipinski definition) is 7. The molecule has 0 saturated heterocycles. The Hall–Kier alpha value is -4.27. The van der Waals surface area contributed by atoms with E-state index in [0.717, 1.165) is 33.8 Å². The Kier molecular flexibility index (Phi) is 5.67. The summed E-state index contributed by atoms with van der Waals surface area (Å²) < 4.78 is 7.36. The molecule has 34 heavy (non-hydrogen) atoms. The molecule has 2 aromatic heterocycles. The van der Waals surface area contributed by atoms with Gasteiger partial charge in [0.25, 0.3) is 0 Å². The lowest BCUT2D eigenvalue weighted by Gasteiger charge is -2.26. The van der Waals surface area contributed by atoms with Gasteiger partial charge in [0.2, 0.25) is 17.8 Å². The van der Waals surface area contributed by atoms with Crippen LogP contribution < -0.4 is 15.0 Å². The zero-order valence-corrected chi connectivity index (χ0v) is 19.3. The zero-order valence-electron chi connectivity index (χ0n) is 19.3. The fourth-order valence-corrected chi connectivity index (χ4v) is 3.95. The lowest BCUT2D eigenvalue weighted by molar-refractivity contribution is -0.119. The predicted octanol–water partition coefficient (Wildman–Crippen LogP) is 4.04. The minimum atomic E-state index is 0.0416. The van der Waals surface area contributed by atoms with E-state index in [9.17, 15) is 4.79 Å². The minimum absolute atomic E-state index is 0.0416. The third kappa shape index (κ3) is 4.19. The number of ether oxygens (including phenoxy) is 1. The molecule has 0 aliphatic carbocycles. The van der Waals surface area contributed by atoms with Crippen molar-refractivity contribution in [3.63, 3.8) is 0 Å². The van der Waals surface area contributed by atoms with E-state index < -0.39 is 0 Å². The fourth-order valence-electron chi connectivity index (χ4n) is 3.95. The predicted molar refractivity (Wildman–Crippen MR) is 129 cm³/mol. The quantitative estimate of drug-likeness (QED) is 0.468. The van der Waals surface area contributed by atoms with Crippen molar-refractivity contribution in [3.05, 3.63) is 71.4 Å². The maximum Gasteiger partial charge on any atom is 0.248 e. The largest absolute Gasteiger partial charge is 0.496 e. The summed E-state index contributed by atoms with van der Waals surface area (Å²) in [5.41, 5.74) is 5.41. The van der Waals surface area contributed by atoms with Crippen molar-refractivity contribution >= 4 is 23.5 Å². The topological polar surface area (TPSA) is 98.1 Å². The van der Waals surface area contributed by atoms with Crippen LogP contribution in [-0.4, -0.2) is 38.0 Å². The molecule has 1 aliphatic heterocycles. The van der Waals surface area contributed by atoms with E-state index in [1.165, 1.54) is 0 Å². The number of nitrogens with zero attached hydrogens (tertiary/aromatic N) is 6. The van der Waals surface area contributed by atoms with Gasteiger partial charge in [-0.2, -0.15) is 15.2 Å². The number of carbonyl (C=O) groups excluding carboxylic acids is 1. The van der Waals surface area contributed by atoms with Gasteiger partial charge in [0, 0.05) is 23.7 Å². The summed E-state index contributed by atoms with van der Waals surface area (Å²) in [7, 11) is 1.62. The number of aryl methyl sites for hydroxylation is 3. The number of aromatic nitrogens is 5. The molecule has 1 amide bonds. The molecule has 0 fully saturated rings. The van der Waals surface area contributed by atoms with E-state index in [2.05, 4.69) is 25.6 Å².